The van der Waals surface area contributed by atoms with Gasteiger partial charge in [-0.15, -0.1) is 0 Å². The molecular formula is C9H17N3O2. The van der Waals surface area contributed by atoms with Gasteiger partial charge in [-0.2, -0.15) is 5.26 Å². The van der Waals surface area contributed by atoms with Crippen molar-refractivity contribution >= 4 is 6.09 Å². The number of nitriles is 1. The van der Waals surface area contributed by atoms with E-state index in [1.807, 2.05) is 13.8 Å². The van der Waals surface area contributed by atoms with Crippen molar-refractivity contribution in [3.63, 3.8) is 0 Å². The zero-order valence-electron chi connectivity index (χ0n) is 8.67. The summed E-state index contributed by atoms with van der Waals surface area (Å²) in [5.41, 5.74) is 4.46. The lowest BCUT2D eigenvalue weighted by molar-refractivity contribution is 0.157. The Morgan fingerprint density at radius 1 is 1.57 bits per heavy atom. The topological polar surface area (TPSA) is 88.1 Å². The number of nitrogens with one attached hydrogen (secondary N) is 1. The molecule has 0 fully saturated rings. The van der Waals surface area contributed by atoms with Crippen LogP contribution < -0.4 is 11.1 Å². The van der Waals surface area contributed by atoms with Crippen molar-refractivity contribution in [3.05, 3.63) is 0 Å². The van der Waals surface area contributed by atoms with E-state index in [4.69, 9.17) is 11.0 Å². The number of carbonyl (C=O) groups is 1. The normalized spacial score (nSPS) is 10.6. The van der Waals surface area contributed by atoms with Crippen LogP contribution in [0.15, 0.2) is 0 Å². The van der Waals surface area contributed by atoms with Crippen LogP contribution in [0.3, 0.4) is 0 Å². The predicted molar refractivity (Wildman–Crippen MR) is 52.4 cm³/mol. The molecular weight excluding hydrogens is 182 g/mol. The van der Waals surface area contributed by atoms with E-state index < -0.39 is 6.09 Å². The first kappa shape index (κ1) is 12.7. The molecule has 1 amide bonds. The second-order valence-corrected chi connectivity index (χ2v) is 3.66. The Bertz CT molecular complexity index is 221. The number of nitrogens with two attached hydrogens (primary N) is 1. The molecule has 0 bridgehead atoms. The highest BCUT2D eigenvalue weighted by atomic mass is 16.5. The van der Waals surface area contributed by atoms with Gasteiger partial charge >= 0.3 is 6.09 Å². The van der Waals surface area contributed by atoms with Crippen molar-refractivity contribution in [1.82, 2.24) is 5.32 Å². The van der Waals surface area contributed by atoms with Crippen LogP contribution in [0, 0.1) is 16.7 Å². The zero-order valence-corrected chi connectivity index (χ0v) is 8.67. The summed E-state index contributed by atoms with van der Waals surface area (Å²) in [6.07, 6.45) is 0.00392. The van der Waals surface area contributed by atoms with Gasteiger partial charge in [-0.3, -0.25) is 0 Å². The first-order valence-corrected chi connectivity index (χ1v) is 4.52. The van der Waals surface area contributed by atoms with E-state index in [1.165, 1.54) is 0 Å². The highest BCUT2D eigenvalue weighted by Gasteiger charge is 2.15. The summed E-state index contributed by atoms with van der Waals surface area (Å²) in [7, 11) is 0. The maximum absolute atomic E-state index is 10.2. The summed E-state index contributed by atoms with van der Waals surface area (Å²) in [4.78, 5) is 10.2. The van der Waals surface area contributed by atoms with E-state index in [1.54, 1.807) is 0 Å². The standard InChI is InChI=1S/C9H17N3O2/c1-9(2,7-10)3-4-12-5-6-14-8(11)13/h12H,3-6H2,1-2H3,(H2,11,13). The summed E-state index contributed by atoms with van der Waals surface area (Å²) in [6, 6.07) is 2.21. The average molecular weight is 199 g/mol. The van der Waals surface area contributed by atoms with E-state index in [0.717, 1.165) is 13.0 Å². The van der Waals surface area contributed by atoms with E-state index in [9.17, 15) is 4.79 Å². The molecule has 0 atom stereocenters. The minimum atomic E-state index is -0.760. The van der Waals surface area contributed by atoms with Crippen LogP contribution in [0.5, 0.6) is 0 Å². The van der Waals surface area contributed by atoms with Crippen molar-refractivity contribution in [2.45, 2.75) is 20.3 Å². The lowest BCUT2D eigenvalue weighted by Crippen LogP contribution is -2.26. The van der Waals surface area contributed by atoms with Crippen LogP contribution in [0.1, 0.15) is 20.3 Å². The lowest BCUT2D eigenvalue weighted by atomic mass is 9.92. The van der Waals surface area contributed by atoms with Gasteiger partial charge in [0.15, 0.2) is 0 Å². The number of rotatable bonds is 6. The van der Waals surface area contributed by atoms with E-state index in [-0.39, 0.29) is 12.0 Å². The fraction of sp³-hybridized carbons (Fsp3) is 0.778. The molecule has 0 aliphatic rings. The van der Waals surface area contributed by atoms with Crippen molar-refractivity contribution in [3.8, 4) is 6.07 Å². The number of hydrogen-bond acceptors (Lipinski definition) is 4. The van der Waals surface area contributed by atoms with Crippen LogP contribution in [0.2, 0.25) is 0 Å². The smallest absolute Gasteiger partial charge is 0.404 e. The first-order chi connectivity index (χ1) is 6.48. The Hall–Kier alpha value is -1.28. The SMILES string of the molecule is CC(C)(C#N)CCNCCOC(N)=O. The number of carbonyl (C=O) groups excluding carboxylic acids is 1. The second-order valence-electron chi connectivity index (χ2n) is 3.66. The molecule has 0 heterocycles. The lowest BCUT2D eigenvalue weighted by Gasteiger charge is -2.14. The van der Waals surface area contributed by atoms with Crippen LogP contribution >= 0.6 is 0 Å². The van der Waals surface area contributed by atoms with Gasteiger partial charge in [-0.1, -0.05) is 0 Å². The van der Waals surface area contributed by atoms with Crippen LogP contribution in [0.25, 0.3) is 0 Å². The highest BCUT2D eigenvalue weighted by Crippen LogP contribution is 2.16. The molecule has 0 aromatic carbocycles. The molecule has 14 heavy (non-hydrogen) atoms. The third-order valence-electron chi connectivity index (χ3n) is 1.75. The maximum Gasteiger partial charge on any atom is 0.404 e. The van der Waals surface area contributed by atoms with E-state index >= 15 is 0 Å². The van der Waals surface area contributed by atoms with Gasteiger partial charge in [-0.25, -0.2) is 4.79 Å². The molecule has 0 unspecified atom stereocenters. The fourth-order valence-corrected chi connectivity index (χ4v) is 0.806. The summed E-state index contributed by atoms with van der Waals surface area (Å²) in [6.45, 7) is 5.32. The molecule has 0 aliphatic heterocycles. The van der Waals surface area contributed by atoms with Crippen LogP contribution in [-0.4, -0.2) is 25.8 Å². The van der Waals surface area contributed by atoms with Crippen LogP contribution in [-0.2, 0) is 4.74 Å². The summed E-state index contributed by atoms with van der Waals surface area (Å²) in [5.74, 6) is 0. The highest BCUT2D eigenvalue weighted by molar-refractivity contribution is 5.64. The minimum absolute atomic E-state index is 0.266. The Morgan fingerprint density at radius 3 is 2.71 bits per heavy atom. The first-order valence-electron chi connectivity index (χ1n) is 4.52. The summed E-state index contributed by atoms with van der Waals surface area (Å²) < 4.78 is 4.51. The summed E-state index contributed by atoms with van der Waals surface area (Å²) >= 11 is 0. The fourth-order valence-electron chi connectivity index (χ4n) is 0.806. The van der Waals surface area contributed by atoms with E-state index in [0.29, 0.717) is 6.54 Å². The zero-order chi connectivity index (χ0) is 11.0. The number of amides is 1. The summed E-state index contributed by atoms with van der Waals surface area (Å²) in [5, 5.41) is 11.8. The van der Waals surface area contributed by atoms with Crippen LogP contribution in [0.4, 0.5) is 4.79 Å². The monoisotopic (exact) mass is 199 g/mol. The molecule has 0 rings (SSSR count). The number of nitrogens with zero attached hydrogens (tertiary/aromatic N) is 1. The quantitative estimate of drug-likeness (QED) is 0.613. The molecule has 0 aromatic rings. The molecule has 80 valence electrons. The average Bonchev–Trinajstić information content (AvgIpc) is 2.10. The third kappa shape index (κ3) is 7.37. The van der Waals surface area contributed by atoms with Gasteiger partial charge in [0.25, 0.3) is 0 Å². The third-order valence-corrected chi connectivity index (χ3v) is 1.75. The largest absolute Gasteiger partial charge is 0.448 e. The number of hydrogen-bond donors (Lipinski definition) is 2. The van der Waals surface area contributed by atoms with Crippen molar-refractivity contribution in [2.75, 3.05) is 19.7 Å². The Balaban J connectivity index is 3.31. The molecule has 5 heteroatoms. The predicted octanol–water partition coefficient (Wildman–Crippen LogP) is 0.611. The van der Waals surface area contributed by atoms with Gasteiger partial charge in [-0.05, 0) is 26.8 Å². The van der Waals surface area contributed by atoms with Gasteiger partial charge in [0.1, 0.15) is 6.61 Å². The molecule has 0 aliphatic carbocycles. The molecule has 0 saturated carbocycles. The maximum atomic E-state index is 10.2. The van der Waals surface area contributed by atoms with Crippen molar-refractivity contribution in [2.24, 2.45) is 11.1 Å². The Kier molecular flexibility index (Phi) is 5.65. The Labute approximate surface area is 84.2 Å². The number of ether oxygens (including phenoxy) is 1. The number of primary amides is 1. The molecule has 0 aromatic heterocycles. The Morgan fingerprint density at radius 2 is 2.21 bits per heavy atom. The van der Waals surface area contributed by atoms with Gasteiger partial charge in [0.2, 0.25) is 0 Å². The molecule has 0 saturated heterocycles. The minimum Gasteiger partial charge on any atom is -0.448 e. The van der Waals surface area contributed by atoms with Gasteiger partial charge < -0.3 is 15.8 Å². The van der Waals surface area contributed by atoms with Gasteiger partial charge in [0, 0.05) is 6.54 Å². The molecule has 0 radical (unpaired) electrons. The second kappa shape index (κ2) is 6.22. The van der Waals surface area contributed by atoms with Crippen molar-refractivity contribution in [1.29, 1.82) is 5.26 Å². The molecule has 5 nitrogen and oxygen atoms in total. The molecule has 3 N–H and O–H groups in total. The molecule has 0 spiro atoms. The van der Waals surface area contributed by atoms with Gasteiger partial charge in [0.05, 0.1) is 11.5 Å². The van der Waals surface area contributed by atoms with Crippen molar-refractivity contribution < 1.29 is 9.53 Å². The van der Waals surface area contributed by atoms with E-state index in [2.05, 4.69) is 16.1 Å².